The van der Waals surface area contributed by atoms with Crippen LogP contribution >= 0.6 is 0 Å². The van der Waals surface area contributed by atoms with Gasteiger partial charge in [-0.25, -0.2) is 0 Å². The first-order valence-corrected chi connectivity index (χ1v) is 27.4. The van der Waals surface area contributed by atoms with Crippen molar-refractivity contribution in [3.8, 4) is 0 Å². The standard InChI is InChI=1S/C59H102O6/c1-4-7-10-13-16-19-22-25-28-29-32-34-37-40-43-46-49-52-58(61)64-55-56(65-59(62)53-50-47-44-41-38-35-31-27-24-21-18-15-12-9-6-3)54-63-57(60)51-48-45-42-39-36-33-30-26-23-20-17-14-11-8-5-2/h9,12,16,18-19,21,26-27,29-32,56H,4-8,10-11,13-15,17,20,22-25,28,33-55H2,1-3H3. The van der Waals surface area contributed by atoms with Gasteiger partial charge in [0.25, 0.3) is 0 Å². The van der Waals surface area contributed by atoms with E-state index in [2.05, 4.69) is 93.7 Å². The van der Waals surface area contributed by atoms with Gasteiger partial charge in [0.1, 0.15) is 13.2 Å². The van der Waals surface area contributed by atoms with Crippen molar-refractivity contribution in [2.24, 2.45) is 0 Å². The van der Waals surface area contributed by atoms with E-state index < -0.39 is 6.10 Å². The Morgan fingerprint density at radius 3 is 1.03 bits per heavy atom. The van der Waals surface area contributed by atoms with Crippen molar-refractivity contribution in [1.29, 1.82) is 0 Å². The SMILES string of the molecule is CCC=CCC=CCC=CCCCCCCCC(=O)OC(COC(=O)CCCCCCCC=CCCCC=CCCCCC)COC(=O)CCCCCCCC=CCCCCCCCC. The maximum absolute atomic E-state index is 12.8. The lowest BCUT2D eigenvalue weighted by Crippen LogP contribution is -2.30. The topological polar surface area (TPSA) is 78.9 Å². The molecule has 6 nitrogen and oxygen atoms in total. The molecule has 0 aliphatic carbocycles. The smallest absolute Gasteiger partial charge is 0.306 e. The highest BCUT2D eigenvalue weighted by Gasteiger charge is 2.19. The van der Waals surface area contributed by atoms with Crippen LogP contribution in [0.25, 0.3) is 0 Å². The minimum Gasteiger partial charge on any atom is -0.462 e. The Kier molecular flexibility index (Phi) is 50.9. The average molecular weight is 907 g/mol. The quantitative estimate of drug-likeness (QED) is 0.0262. The van der Waals surface area contributed by atoms with E-state index in [1.165, 1.54) is 103 Å². The van der Waals surface area contributed by atoms with Crippen LogP contribution in [-0.2, 0) is 28.6 Å². The van der Waals surface area contributed by atoms with Gasteiger partial charge >= 0.3 is 17.9 Å². The molecule has 1 unspecified atom stereocenters. The first kappa shape index (κ1) is 61.9. The molecule has 0 saturated heterocycles. The number of hydrogen-bond donors (Lipinski definition) is 0. The van der Waals surface area contributed by atoms with Crippen LogP contribution in [0.2, 0.25) is 0 Å². The molecule has 0 aromatic heterocycles. The predicted molar refractivity (Wildman–Crippen MR) is 279 cm³/mol. The number of ether oxygens (including phenoxy) is 3. The maximum Gasteiger partial charge on any atom is 0.306 e. The minimum absolute atomic E-state index is 0.0905. The number of carbonyl (C=O) groups excluding carboxylic acids is 3. The molecule has 0 amide bonds. The molecule has 1 atom stereocenters. The lowest BCUT2D eigenvalue weighted by Gasteiger charge is -2.18. The fraction of sp³-hybridized carbons (Fsp3) is 0.746. The van der Waals surface area contributed by atoms with Gasteiger partial charge in [-0.1, -0.05) is 196 Å². The summed E-state index contributed by atoms with van der Waals surface area (Å²) in [5.41, 5.74) is 0. The average Bonchev–Trinajstić information content (AvgIpc) is 3.30. The van der Waals surface area contributed by atoms with Crippen LogP contribution < -0.4 is 0 Å². The third kappa shape index (κ3) is 51.7. The Bertz CT molecular complexity index is 1230. The molecule has 0 bridgehead atoms. The van der Waals surface area contributed by atoms with E-state index in [0.29, 0.717) is 19.3 Å². The molecule has 0 aliphatic heterocycles. The molecule has 0 radical (unpaired) electrons. The Morgan fingerprint density at radius 1 is 0.323 bits per heavy atom. The van der Waals surface area contributed by atoms with Gasteiger partial charge in [0.15, 0.2) is 6.10 Å². The van der Waals surface area contributed by atoms with Gasteiger partial charge in [0, 0.05) is 19.3 Å². The number of carbonyl (C=O) groups is 3. The molecule has 0 heterocycles. The van der Waals surface area contributed by atoms with E-state index in [9.17, 15) is 14.4 Å². The number of rotatable bonds is 49. The molecule has 0 saturated carbocycles. The lowest BCUT2D eigenvalue weighted by molar-refractivity contribution is -0.167. The first-order valence-electron chi connectivity index (χ1n) is 27.4. The Morgan fingerprint density at radius 2 is 0.615 bits per heavy atom. The molecular weight excluding hydrogens is 805 g/mol. The summed E-state index contributed by atoms with van der Waals surface area (Å²) in [7, 11) is 0. The third-order valence-electron chi connectivity index (χ3n) is 11.6. The molecule has 0 spiro atoms. The zero-order valence-corrected chi connectivity index (χ0v) is 42.7. The van der Waals surface area contributed by atoms with Crippen LogP contribution in [0.5, 0.6) is 0 Å². The molecule has 0 N–H and O–H groups in total. The van der Waals surface area contributed by atoms with Gasteiger partial charge < -0.3 is 14.2 Å². The second-order valence-corrected chi connectivity index (χ2v) is 18.1. The van der Waals surface area contributed by atoms with Crippen LogP contribution in [0.1, 0.15) is 265 Å². The van der Waals surface area contributed by atoms with Crippen molar-refractivity contribution in [2.45, 2.75) is 271 Å². The number of unbranched alkanes of at least 4 members (excludes halogenated alkanes) is 26. The summed E-state index contributed by atoms with van der Waals surface area (Å²) in [6.45, 7) is 6.48. The van der Waals surface area contributed by atoms with Crippen LogP contribution in [-0.4, -0.2) is 37.2 Å². The van der Waals surface area contributed by atoms with Crippen molar-refractivity contribution < 1.29 is 28.6 Å². The van der Waals surface area contributed by atoms with Crippen LogP contribution in [0.4, 0.5) is 0 Å². The van der Waals surface area contributed by atoms with Crippen molar-refractivity contribution in [1.82, 2.24) is 0 Å². The van der Waals surface area contributed by atoms with Gasteiger partial charge in [-0.2, -0.15) is 0 Å². The van der Waals surface area contributed by atoms with E-state index in [1.54, 1.807) is 0 Å². The lowest BCUT2D eigenvalue weighted by atomic mass is 10.1. The van der Waals surface area contributed by atoms with Gasteiger partial charge in [-0.3, -0.25) is 14.4 Å². The molecule has 374 valence electrons. The maximum atomic E-state index is 12.8. The van der Waals surface area contributed by atoms with Crippen molar-refractivity contribution >= 4 is 17.9 Å². The van der Waals surface area contributed by atoms with Crippen LogP contribution in [0, 0.1) is 0 Å². The monoisotopic (exact) mass is 907 g/mol. The fourth-order valence-electron chi connectivity index (χ4n) is 7.50. The minimum atomic E-state index is -0.793. The summed E-state index contributed by atoms with van der Waals surface area (Å²) in [5, 5.41) is 0. The molecule has 65 heavy (non-hydrogen) atoms. The highest BCUT2D eigenvalue weighted by molar-refractivity contribution is 5.71. The van der Waals surface area contributed by atoms with E-state index >= 15 is 0 Å². The summed E-state index contributed by atoms with van der Waals surface area (Å²) in [6, 6.07) is 0. The molecular formula is C59H102O6. The summed E-state index contributed by atoms with van der Waals surface area (Å²) >= 11 is 0. The van der Waals surface area contributed by atoms with Crippen LogP contribution in [0.3, 0.4) is 0 Å². The number of esters is 3. The van der Waals surface area contributed by atoms with Gasteiger partial charge in [-0.15, -0.1) is 0 Å². The zero-order valence-electron chi connectivity index (χ0n) is 42.7. The Hall–Kier alpha value is -3.15. The van der Waals surface area contributed by atoms with E-state index in [-0.39, 0.29) is 31.1 Å². The van der Waals surface area contributed by atoms with Gasteiger partial charge in [0.05, 0.1) is 0 Å². The summed E-state index contributed by atoms with van der Waals surface area (Å²) in [4.78, 5) is 38.1. The van der Waals surface area contributed by atoms with Gasteiger partial charge in [-0.05, 0) is 122 Å². The third-order valence-corrected chi connectivity index (χ3v) is 11.6. The van der Waals surface area contributed by atoms with Gasteiger partial charge in [0.2, 0.25) is 0 Å². The molecule has 0 aromatic rings. The van der Waals surface area contributed by atoms with Crippen LogP contribution in [0.15, 0.2) is 72.9 Å². The number of hydrogen-bond acceptors (Lipinski definition) is 6. The van der Waals surface area contributed by atoms with Crippen molar-refractivity contribution in [2.75, 3.05) is 13.2 Å². The normalized spacial score (nSPS) is 12.6. The number of allylic oxidation sites excluding steroid dienone is 12. The zero-order chi connectivity index (χ0) is 47.2. The largest absolute Gasteiger partial charge is 0.462 e. The summed E-state index contributed by atoms with van der Waals surface area (Å²) < 4.78 is 16.8. The first-order chi connectivity index (χ1) is 32.0. The molecule has 6 heteroatoms. The Balaban J connectivity index is 4.43. The molecule has 0 aliphatic rings. The fourth-order valence-corrected chi connectivity index (χ4v) is 7.50. The predicted octanol–water partition coefficient (Wildman–Crippen LogP) is 18.2. The second kappa shape index (κ2) is 53.5. The van der Waals surface area contributed by atoms with Crippen molar-refractivity contribution in [3.63, 3.8) is 0 Å². The van der Waals surface area contributed by atoms with E-state index in [1.807, 2.05) is 0 Å². The summed E-state index contributed by atoms with van der Waals surface area (Å²) in [5.74, 6) is -0.922. The molecule has 0 rings (SSSR count). The van der Waals surface area contributed by atoms with Crippen molar-refractivity contribution in [3.05, 3.63) is 72.9 Å². The highest BCUT2D eigenvalue weighted by Crippen LogP contribution is 2.14. The summed E-state index contributed by atoms with van der Waals surface area (Å²) in [6.07, 6.45) is 67.4. The Labute approximate surface area is 402 Å². The molecule has 0 aromatic carbocycles. The molecule has 0 fully saturated rings. The van der Waals surface area contributed by atoms with E-state index in [4.69, 9.17) is 14.2 Å². The van der Waals surface area contributed by atoms with E-state index in [0.717, 1.165) is 122 Å². The highest BCUT2D eigenvalue weighted by atomic mass is 16.6. The second-order valence-electron chi connectivity index (χ2n) is 18.1.